The second-order valence-corrected chi connectivity index (χ2v) is 7.61. The summed E-state index contributed by atoms with van der Waals surface area (Å²) in [6.07, 6.45) is -0.114. The lowest BCUT2D eigenvalue weighted by molar-refractivity contribution is -0.128. The summed E-state index contributed by atoms with van der Waals surface area (Å²) in [4.78, 5) is 12.6. The van der Waals surface area contributed by atoms with Crippen LogP contribution in [0.1, 0.15) is 6.92 Å². The molecule has 0 aliphatic carbocycles. The molecule has 1 heterocycles. The molecule has 2 aromatic rings. The molecule has 1 amide bonds. The maximum atomic E-state index is 12.4. The van der Waals surface area contributed by atoms with Gasteiger partial charge in [0.25, 0.3) is 5.91 Å². The minimum absolute atomic E-state index is 0.194. The third kappa shape index (κ3) is 3.35. The molecule has 6 nitrogen and oxygen atoms in total. The fourth-order valence-electron chi connectivity index (χ4n) is 2.41. The van der Waals surface area contributed by atoms with Gasteiger partial charge < -0.3 is 14.8 Å². The Bertz CT molecular complexity index is 861. The van der Waals surface area contributed by atoms with Crippen LogP contribution in [0.25, 0.3) is 0 Å². The number of ether oxygens (including phenoxy) is 2. The van der Waals surface area contributed by atoms with Gasteiger partial charge in [0, 0.05) is 11.9 Å². The largest absolute Gasteiger partial charge is 0.482 e. The lowest BCUT2D eigenvalue weighted by atomic mass is 10.1. The van der Waals surface area contributed by atoms with Crippen molar-refractivity contribution in [2.75, 3.05) is 11.6 Å². The van der Waals surface area contributed by atoms with Crippen LogP contribution in [0.15, 0.2) is 53.4 Å². The molecular weight excluding hydrogens is 330 g/mol. The SMILES string of the molecule is CC1Oc2ccccc2OC1C(=O)Nc1ccc(S(C)(=O)=O)cc1. The van der Waals surface area contributed by atoms with Gasteiger partial charge in [-0.2, -0.15) is 0 Å². The molecule has 0 saturated heterocycles. The van der Waals surface area contributed by atoms with Crippen molar-refractivity contribution < 1.29 is 22.7 Å². The van der Waals surface area contributed by atoms with Crippen molar-refractivity contribution in [1.82, 2.24) is 0 Å². The smallest absolute Gasteiger partial charge is 0.269 e. The summed E-state index contributed by atoms with van der Waals surface area (Å²) in [5.74, 6) is 0.763. The van der Waals surface area contributed by atoms with Crippen molar-refractivity contribution in [3.63, 3.8) is 0 Å². The highest BCUT2D eigenvalue weighted by Gasteiger charge is 2.34. The molecule has 0 fully saturated rings. The molecule has 126 valence electrons. The molecule has 0 saturated carbocycles. The van der Waals surface area contributed by atoms with E-state index < -0.39 is 22.0 Å². The highest BCUT2D eigenvalue weighted by Crippen LogP contribution is 2.33. The number of amides is 1. The van der Waals surface area contributed by atoms with Gasteiger partial charge in [-0.15, -0.1) is 0 Å². The Kier molecular flexibility index (Phi) is 4.19. The van der Waals surface area contributed by atoms with Crippen LogP contribution in [0, 0.1) is 0 Å². The minimum atomic E-state index is -3.27. The van der Waals surface area contributed by atoms with Gasteiger partial charge in [-0.3, -0.25) is 4.79 Å². The number of para-hydroxylation sites is 2. The topological polar surface area (TPSA) is 81.7 Å². The van der Waals surface area contributed by atoms with Crippen LogP contribution in [0.3, 0.4) is 0 Å². The number of sulfone groups is 1. The van der Waals surface area contributed by atoms with E-state index >= 15 is 0 Å². The van der Waals surface area contributed by atoms with E-state index in [1.165, 1.54) is 24.3 Å². The predicted octanol–water partition coefficient (Wildman–Crippen LogP) is 2.26. The van der Waals surface area contributed by atoms with E-state index in [9.17, 15) is 13.2 Å². The van der Waals surface area contributed by atoms with Crippen LogP contribution in [0.4, 0.5) is 5.69 Å². The Hall–Kier alpha value is -2.54. The third-order valence-corrected chi connectivity index (χ3v) is 4.78. The highest BCUT2D eigenvalue weighted by molar-refractivity contribution is 7.90. The molecule has 7 heteroatoms. The fourth-order valence-corrected chi connectivity index (χ4v) is 3.04. The van der Waals surface area contributed by atoms with Gasteiger partial charge in [-0.25, -0.2) is 8.42 Å². The molecule has 1 N–H and O–H groups in total. The van der Waals surface area contributed by atoms with Crippen LogP contribution >= 0.6 is 0 Å². The molecule has 0 bridgehead atoms. The average Bonchev–Trinajstić information content (AvgIpc) is 2.53. The Morgan fingerprint density at radius 1 is 1.00 bits per heavy atom. The van der Waals surface area contributed by atoms with Gasteiger partial charge in [-0.05, 0) is 43.3 Å². The number of rotatable bonds is 3. The van der Waals surface area contributed by atoms with Crippen LogP contribution in [0.5, 0.6) is 11.5 Å². The molecule has 2 unspecified atom stereocenters. The van der Waals surface area contributed by atoms with E-state index in [1.54, 1.807) is 25.1 Å². The number of nitrogens with one attached hydrogen (secondary N) is 1. The summed E-state index contributed by atoms with van der Waals surface area (Å²) in [6, 6.07) is 13.1. The Morgan fingerprint density at radius 2 is 1.58 bits per heavy atom. The fraction of sp³-hybridized carbons (Fsp3) is 0.235. The van der Waals surface area contributed by atoms with Gasteiger partial charge >= 0.3 is 0 Å². The van der Waals surface area contributed by atoms with Gasteiger partial charge in [0.2, 0.25) is 6.10 Å². The average molecular weight is 347 g/mol. The second-order valence-electron chi connectivity index (χ2n) is 5.59. The monoisotopic (exact) mass is 347 g/mol. The molecule has 0 aromatic heterocycles. The first-order valence-electron chi connectivity index (χ1n) is 7.38. The van der Waals surface area contributed by atoms with Crippen molar-refractivity contribution >= 4 is 21.4 Å². The standard InChI is InChI=1S/C17H17NO5S/c1-11-16(23-15-6-4-3-5-14(15)22-11)17(19)18-12-7-9-13(10-8-12)24(2,20)21/h3-11,16H,1-2H3,(H,18,19). The van der Waals surface area contributed by atoms with E-state index in [0.717, 1.165) is 6.26 Å². The van der Waals surface area contributed by atoms with Gasteiger partial charge in [0.05, 0.1) is 4.90 Å². The maximum absolute atomic E-state index is 12.4. The summed E-state index contributed by atoms with van der Waals surface area (Å²) < 4.78 is 34.3. The Morgan fingerprint density at radius 3 is 2.17 bits per heavy atom. The summed E-state index contributed by atoms with van der Waals surface area (Å²) in [5.41, 5.74) is 0.488. The number of benzene rings is 2. The van der Waals surface area contributed by atoms with Crippen molar-refractivity contribution in [1.29, 1.82) is 0 Å². The van der Waals surface area contributed by atoms with E-state index in [-0.39, 0.29) is 10.8 Å². The number of fused-ring (bicyclic) bond motifs is 1. The minimum Gasteiger partial charge on any atom is -0.482 e. The van der Waals surface area contributed by atoms with Crippen molar-refractivity contribution in [2.24, 2.45) is 0 Å². The molecule has 1 aliphatic rings. The first kappa shape index (κ1) is 16.3. The molecule has 0 radical (unpaired) electrons. The third-order valence-electron chi connectivity index (χ3n) is 3.65. The van der Waals surface area contributed by atoms with E-state index in [2.05, 4.69) is 5.32 Å². The summed E-state index contributed by atoms with van der Waals surface area (Å²) in [5, 5.41) is 2.71. The normalized spacial score (nSPS) is 19.6. The van der Waals surface area contributed by atoms with E-state index in [4.69, 9.17) is 9.47 Å². The Labute approximate surface area is 140 Å². The van der Waals surface area contributed by atoms with Gasteiger partial charge in [0.15, 0.2) is 21.3 Å². The van der Waals surface area contributed by atoms with Crippen LogP contribution < -0.4 is 14.8 Å². The predicted molar refractivity (Wildman–Crippen MR) is 89.1 cm³/mol. The quantitative estimate of drug-likeness (QED) is 0.921. The first-order valence-corrected chi connectivity index (χ1v) is 9.27. The summed E-state index contributed by atoms with van der Waals surface area (Å²) in [7, 11) is -3.27. The molecule has 2 aromatic carbocycles. The number of anilines is 1. The zero-order valence-electron chi connectivity index (χ0n) is 13.2. The Balaban J connectivity index is 1.73. The van der Waals surface area contributed by atoms with E-state index in [0.29, 0.717) is 17.2 Å². The summed E-state index contributed by atoms with van der Waals surface area (Å²) in [6.45, 7) is 1.76. The number of hydrogen-bond acceptors (Lipinski definition) is 5. The maximum Gasteiger partial charge on any atom is 0.269 e. The number of carbonyl (C=O) groups is 1. The lowest BCUT2D eigenvalue weighted by Gasteiger charge is -2.31. The first-order chi connectivity index (χ1) is 11.3. The van der Waals surface area contributed by atoms with Crippen LogP contribution in [-0.2, 0) is 14.6 Å². The second kappa shape index (κ2) is 6.16. The molecule has 1 aliphatic heterocycles. The zero-order chi connectivity index (χ0) is 17.3. The molecule has 0 spiro atoms. The van der Waals surface area contributed by atoms with E-state index in [1.807, 2.05) is 6.07 Å². The molecular formula is C17H17NO5S. The highest BCUT2D eigenvalue weighted by atomic mass is 32.2. The van der Waals surface area contributed by atoms with Gasteiger partial charge in [0.1, 0.15) is 6.10 Å². The number of carbonyl (C=O) groups excluding carboxylic acids is 1. The van der Waals surface area contributed by atoms with Crippen molar-refractivity contribution in [3.8, 4) is 11.5 Å². The van der Waals surface area contributed by atoms with Crippen LogP contribution in [-0.4, -0.2) is 32.8 Å². The molecule has 3 rings (SSSR count). The van der Waals surface area contributed by atoms with Crippen molar-refractivity contribution in [2.45, 2.75) is 24.0 Å². The molecule has 2 atom stereocenters. The lowest BCUT2D eigenvalue weighted by Crippen LogP contribution is -2.46. The van der Waals surface area contributed by atoms with Crippen molar-refractivity contribution in [3.05, 3.63) is 48.5 Å². The molecule has 24 heavy (non-hydrogen) atoms. The van der Waals surface area contributed by atoms with Crippen LogP contribution in [0.2, 0.25) is 0 Å². The summed E-state index contributed by atoms with van der Waals surface area (Å²) >= 11 is 0. The zero-order valence-corrected chi connectivity index (χ0v) is 14.0. The number of hydrogen-bond donors (Lipinski definition) is 1. The van der Waals surface area contributed by atoms with Gasteiger partial charge in [-0.1, -0.05) is 12.1 Å².